The van der Waals surface area contributed by atoms with Gasteiger partial charge < -0.3 is 5.11 Å². The number of phenolic OH excluding ortho intramolecular Hbond substituents is 1. The average molecular weight is 224 g/mol. The second-order valence-corrected chi connectivity index (χ2v) is 4.07. The van der Waals surface area contributed by atoms with Crippen molar-refractivity contribution >= 4 is 10.8 Å². The van der Waals surface area contributed by atoms with Crippen molar-refractivity contribution in [2.24, 2.45) is 0 Å². The van der Waals surface area contributed by atoms with Gasteiger partial charge in [0, 0.05) is 5.56 Å². The first kappa shape index (κ1) is 11.5. The normalized spacial score (nSPS) is 10.4. The molecule has 0 atom stereocenters. The molecule has 0 aliphatic carbocycles. The van der Waals surface area contributed by atoms with Crippen molar-refractivity contribution in [1.82, 2.24) is 0 Å². The molecule has 0 spiro atoms. The lowest BCUT2D eigenvalue weighted by Gasteiger charge is -2.11. The summed E-state index contributed by atoms with van der Waals surface area (Å²) in [5.74, 6) is 0.378. The molecule has 0 bridgehead atoms. The molecule has 0 unspecified atom stereocenters. The number of allylic oxidation sites excluding steroid dienone is 2. The van der Waals surface area contributed by atoms with E-state index in [0.29, 0.717) is 18.6 Å². The maximum atomic E-state index is 10.3. The molecule has 1 nitrogen and oxygen atoms in total. The van der Waals surface area contributed by atoms with Crippen molar-refractivity contribution in [3.63, 3.8) is 0 Å². The number of hydrogen-bond acceptors (Lipinski definition) is 1. The van der Waals surface area contributed by atoms with Gasteiger partial charge in [-0.3, -0.25) is 0 Å². The highest BCUT2D eigenvalue weighted by molar-refractivity contribution is 5.89. The Bertz CT molecular complexity index is 567. The molecular weight excluding hydrogens is 208 g/mol. The molecular formula is C16H16O. The minimum absolute atomic E-state index is 0.378. The van der Waals surface area contributed by atoms with Gasteiger partial charge in [0.25, 0.3) is 0 Å². The number of phenols is 1. The van der Waals surface area contributed by atoms with Gasteiger partial charge in [0.2, 0.25) is 0 Å². The minimum atomic E-state index is 0.378. The van der Waals surface area contributed by atoms with E-state index in [4.69, 9.17) is 0 Å². The third kappa shape index (κ3) is 2.09. The van der Waals surface area contributed by atoms with Crippen LogP contribution in [0, 0.1) is 0 Å². The maximum Gasteiger partial charge on any atom is 0.123 e. The Kier molecular flexibility index (Phi) is 3.29. The lowest BCUT2D eigenvalue weighted by molar-refractivity contribution is 0.465. The third-order valence-electron chi connectivity index (χ3n) is 2.92. The second kappa shape index (κ2) is 4.88. The van der Waals surface area contributed by atoms with E-state index in [-0.39, 0.29) is 0 Å². The number of aromatic hydroxyl groups is 1. The smallest absolute Gasteiger partial charge is 0.123 e. The van der Waals surface area contributed by atoms with E-state index in [1.807, 2.05) is 36.4 Å². The first-order valence-electron chi connectivity index (χ1n) is 5.72. The molecule has 2 aromatic carbocycles. The number of fused-ring (bicyclic) bond motifs is 1. The van der Waals surface area contributed by atoms with Crippen LogP contribution < -0.4 is 0 Å². The predicted molar refractivity (Wildman–Crippen MR) is 73.4 cm³/mol. The largest absolute Gasteiger partial charge is 0.507 e. The van der Waals surface area contributed by atoms with Gasteiger partial charge in [-0.2, -0.15) is 0 Å². The average Bonchev–Trinajstić information content (AvgIpc) is 2.35. The van der Waals surface area contributed by atoms with E-state index in [9.17, 15) is 5.11 Å². The molecule has 0 fully saturated rings. The van der Waals surface area contributed by atoms with Gasteiger partial charge in [-0.25, -0.2) is 0 Å². The molecule has 0 aromatic heterocycles. The Morgan fingerprint density at radius 1 is 1.06 bits per heavy atom. The van der Waals surface area contributed by atoms with Crippen LogP contribution in [0.1, 0.15) is 11.1 Å². The van der Waals surface area contributed by atoms with Crippen LogP contribution in [0.15, 0.2) is 55.6 Å². The summed E-state index contributed by atoms with van der Waals surface area (Å²) in [4.78, 5) is 0. The van der Waals surface area contributed by atoms with Crippen LogP contribution in [0.2, 0.25) is 0 Å². The fraction of sp³-hybridized carbons (Fsp3) is 0.125. The zero-order valence-corrected chi connectivity index (χ0v) is 9.82. The molecule has 0 aliphatic rings. The van der Waals surface area contributed by atoms with Gasteiger partial charge in [-0.15, -0.1) is 13.2 Å². The minimum Gasteiger partial charge on any atom is -0.507 e. The Hall–Kier alpha value is -2.02. The second-order valence-electron chi connectivity index (χ2n) is 4.07. The summed E-state index contributed by atoms with van der Waals surface area (Å²) in [5.41, 5.74) is 1.88. The van der Waals surface area contributed by atoms with Crippen molar-refractivity contribution in [1.29, 1.82) is 0 Å². The SMILES string of the molecule is C=CCc1cc2ccccc2c(CC=C)c1O. The fourth-order valence-corrected chi connectivity index (χ4v) is 2.14. The first-order valence-corrected chi connectivity index (χ1v) is 5.72. The number of benzene rings is 2. The van der Waals surface area contributed by atoms with Gasteiger partial charge in [0.05, 0.1) is 0 Å². The van der Waals surface area contributed by atoms with Crippen molar-refractivity contribution in [3.05, 3.63) is 66.8 Å². The predicted octanol–water partition coefficient (Wildman–Crippen LogP) is 4.00. The number of hydrogen-bond donors (Lipinski definition) is 1. The van der Waals surface area contributed by atoms with Crippen LogP contribution in [-0.2, 0) is 12.8 Å². The molecule has 0 saturated carbocycles. The summed E-state index contributed by atoms with van der Waals surface area (Å²) in [6.45, 7) is 7.47. The van der Waals surface area contributed by atoms with Crippen LogP contribution in [0.4, 0.5) is 0 Å². The molecule has 1 N–H and O–H groups in total. The molecule has 17 heavy (non-hydrogen) atoms. The lowest BCUT2D eigenvalue weighted by Crippen LogP contribution is -1.92. The summed E-state index contributed by atoms with van der Waals surface area (Å²) in [5, 5.41) is 12.5. The van der Waals surface area contributed by atoms with Crippen LogP contribution in [0.25, 0.3) is 10.8 Å². The molecule has 0 amide bonds. The molecule has 1 heteroatoms. The van der Waals surface area contributed by atoms with Gasteiger partial charge in [-0.05, 0) is 35.2 Å². The quantitative estimate of drug-likeness (QED) is 0.778. The Balaban J connectivity index is 2.74. The molecule has 0 aliphatic heterocycles. The zero-order chi connectivity index (χ0) is 12.3. The summed E-state index contributed by atoms with van der Waals surface area (Å²) >= 11 is 0. The number of rotatable bonds is 4. The molecule has 0 heterocycles. The van der Waals surface area contributed by atoms with Crippen molar-refractivity contribution in [2.45, 2.75) is 12.8 Å². The van der Waals surface area contributed by atoms with Gasteiger partial charge in [0.1, 0.15) is 5.75 Å². The van der Waals surface area contributed by atoms with E-state index >= 15 is 0 Å². The van der Waals surface area contributed by atoms with Crippen LogP contribution in [0.5, 0.6) is 5.75 Å². The van der Waals surface area contributed by atoms with E-state index in [0.717, 1.165) is 21.9 Å². The molecule has 0 saturated heterocycles. The Labute approximate surface area is 102 Å². The standard InChI is InChI=1S/C16H16O/c1-3-7-13-11-12-9-5-6-10-14(12)15(8-4-2)16(13)17/h3-6,9-11,17H,1-2,7-8H2. The fourth-order valence-electron chi connectivity index (χ4n) is 2.14. The highest BCUT2D eigenvalue weighted by atomic mass is 16.3. The summed E-state index contributed by atoms with van der Waals surface area (Å²) in [6, 6.07) is 10.1. The monoisotopic (exact) mass is 224 g/mol. The van der Waals surface area contributed by atoms with E-state index < -0.39 is 0 Å². The third-order valence-corrected chi connectivity index (χ3v) is 2.92. The first-order chi connectivity index (χ1) is 8.27. The van der Waals surface area contributed by atoms with E-state index in [2.05, 4.69) is 19.2 Å². The zero-order valence-electron chi connectivity index (χ0n) is 9.82. The van der Waals surface area contributed by atoms with Crippen molar-refractivity contribution in [3.8, 4) is 5.75 Å². The van der Waals surface area contributed by atoms with Gasteiger partial charge in [0.15, 0.2) is 0 Å². The molecule has 86 valence electrons. The van der Waals surface area contributed by atoms with Crippen molar-refractivity contribution < 1.29 is 5.11 Å². The molecule has 2 rings (SSSR count). The Morgan fingerprint density at radius 3 is 2.47 bits per heavy atom. The summed E-state index contributed by atoms with van der Waals surface area (Å²) in [7, 11) is 0. The van der Waals surface area contributed by atoms with Crippen LogP contribution >= 0.6 is 0 Å². The topological polar surface area (TPSA) is 20.2 Å². The van der Waals surface area contributed by atoms with E-state index in [1.54, 1.807) is 0 Å². The highest BCUT2D eigenvalue weighted by Crippen LogP contribution is 2.32. The summed E-state index contributed by atoms with van der Waals surface area (Å²) in [6.07, 6.45) is 4.98. The Morgan fingerprint density at radius 2 is 1.76 bits per heavy atom. The lowest BCUT2D eigenvalue weighted by atomic mass is 9.96. The molecule has 2 aromatic rings. The van der Waals surface area contributed by atoms with Gasteiger partial charge >= 0.3 is 0 Å². The molecule has 0 radical (unpaired) electrons. The van der Waals surface area contributed by atoms with Crippen LogP contribution in [0.3, 0.4) is 0 Å². The van der Waals surface area contributed by atoms with E-state index in [1.165, 1.54) is 0 Å². The summed E-state index contributed by atoms with van der Waals surface area (Å²) < 4.78 is 0. The highest BCUT2D eigenvalue weighted by Gasteiger charge is 2.10. The van der Waals surface area contributed by atoms with Gasteiger partial charge in [-0.1, -0.05) is 36.4 Å². The maximum absolute atomic E-state index is 10.3. The van der Waals surface area contributed by atoms with Crippen LogP contribution in [-0.4, -0.2) is 5.11 Å². The van der Waals surface area contributed by atoms with Crippen molar-refractivity contribution in [2.75, 3.05) is 0 Å².